The molecule has 0 unspecified atom stereocenters. The molecule has 0 saturated carbocycles. The predicted octanol–water partition coefficient (Wildman–Crippen LogP) is 3.34. The van der Waals surface area contributed by atoms with E-state index in [9.17, 15) is 4.39 Å². The Balaban J connectivity index is 2.94. The number of benzene rings is 1. The van der Waals surface area contributed by atoms with Gasteiger partial charge >= 0.3 is 0 Å². The quantitative estimate of drug-likeness (QED) is 0.804. The first-order valence-electron chi connectivity index (χ1n) is 6.23. The minimum absolute atomic E-state index is 0.155. The van der Waals surface area contributed by atoms with E-state index in [-0.39, 0.29) is 11.9 Å². The van der Waals surface area contributed by atoms with Crippen molar-refractivity contribution in [2.45, 2.75) is 26.3 Å². The van der Waals surface area contributed by atoms with Gasteiger partial charge in [-0.2, -0.15) is 11.8 Å². The van der Waals surface area contributed by atoms with Crippen LogP contribution in [0.2, 0.25) is 0 Å². The van der Waals surface area contributed by atoms with E-state index in [4.69, 9.17) is 5.73 Å². The highest BCUT2D eigenvalue weighted by Crippen LogP contribution is 2.27. The summed E-state index contributed by atoms with van der Waals surface area (Å²) in [4.78, 5) is 2.17. The second-order valence-electron chi connectivity index (χ2n) is 4.72. The highest BCUT2D eigenvalue weighted by molar-refractivity contribution is 7.98. The third-order valence-corrected chi connectivity index (χ3v) is 3.75. The molecular formula is C14H23FN2S. The molecule has 0 radical (unpaired) electrons. The number of aryl methyl sites for hydroxylation is 1. The SMILES string of the molecule is CSCCCN(C)c1cc(C)c(F)cc1[C@H](C)N. The van der Waals surface area contributed by atoms with Gasteiger partial charge in [0.2, 0.25) is 0 Å². The second kappa shape index (κ2) is 7.00. The maximum Gasteiger partial charge on any atom is 0.126 e. The van der Waals surface area contributed by atoms with Gasteiger partial charge in [-0.15, -0.1) is 0 Å². The van der Waals surface area contributed by atoms with Crippen molar-refractivity contribution in [3.63, 3.8) is 0 Å². The van der Waals surface area contributed by atoms with E-state index in [0.29, 0.717) is 5.56 Å². The molecular weight excluding hydrogens is 247 g/mol. The lowest BCUT2D eigenvalue weighted by Crippen LogP contribution is -2.22. The Bertz CT molecular complexity index is 394. The van der Waals surface area contributed by atoms with Crippen LogP contribution in [0.4, 0.5) is 10.1 Å². The van der Waals surface area contributed by atoms with Gasteiger partial charge in [-0.3, -0.25) is 0 Å². The third kappa shape index (κ3) is 3.89. The van der Waals surface area contributed by atoms with E-state index in [1.54, 1.807) is 13.0 Å². The fraction of sp³-hybridized carbons (Fsp3) is 0.571. The van der Waals surface area contributed by atoms with Gasteiger partial charge < -0.3 is 10.6 Å². The first-order valence-corrected chi connectivity index (χ1v) is 7.62. The molecule has 2 N–H and O–H groups in total. The maximum absolute atomic E-state index is 13.6. The molecule has 18 heavy (non-hydrogen) atoms. The van der Waals surface area contributed by atoms with Gasteiger partial charge in [0.05, 0.1) is 0 Å². The van der Waals surface area contributed by atoms with Crippen LogP contribution in [0.1, 0.15) is 30.5 Å². The molecule has 0 saturated heterocycles. The standard InChI is InChI=1S/C14H23FN2S/c1-10-8-14(17(3)6-5-7-18-4)12(11(2)16)9-13(10)15/h8-9,11H,5-7,16H2,1-4H3/t11-/m0/s1. The summed E-state index contributed by atoms with van der Waals surface area (Å²) in [5.41, 5.74) is 8.53. The van der Waals surface area contributed by atoms with E-state index in [1.165, 1.54) is 0 Å². The van der Waals surface area contributed by atoms with Gasteiger partial charge in [-0.05, 0) is 55.5 Å². The van der Waals surface area contributed by atoms with Crippen LogP contribution in [0.5, 0.6) is 0 Å². The molecule has 0 amide bonds. The summed E-state index contributed by atoms with van der Waals surface area (Å²) in [6.45, 7) is 4.65. The average Bonchev–Trinajstić information content (AvgIpc) is 2.32. The topological polar surface area (TPSA) is 29.3 Å². The zero-order valence-corrected chi connectivity index (χ0v) is 12.5. The van der Waals surface area contributed by atoms with Gasteiger partial charge in [0, 0.05) is 25.3 Å². The highest BCUT2D eigenvalue weighted by Gasteiger charge is 2.13. The minimum atomic E-state index is -0.177. The number of halogens is 1. The average molecular weight is 270 g/mol. The van der Waals surface area contributed by atoms with Crippen LogP contribution in [0.3, 0.4) is 0 Å². The van der Waals surface area contributed by atoms with Crippen LogP contribution in [0.15, 0.2) is 12.1 Å². The van der Waals surface area contributed by atoms with Crippen molar-refractivity contribution in [1.82, 2.24) is 0 Å². The molecule has 1 atom stereocenters. The molecule has 1 aromatic rings. The number of hydrogen-bond donors (Lipinski definition) is 1. The molecule has 0 heterocycles. The van der Waals surface area contributed by atoms with E-state index in [0.717, 1.165) is 30.0 Å². The van der Waals surface area contributed by atoms with E-state index >= 15 is 0 Å². The molecule has 0 bridgehead atoms. The lowest BCUT2D eigenvalue weighted by molar-refractivity contribution is 0.612. The normalized spacial score (nSPS) is 12.6. The van der Waals surface area contributed by atoms with Crippen molar-refractivity contribution in [2.75, 3.05) is 30.5 Å². The van der Waals surface area contributed by atoms with Crippen molar-refractivity contribution in [2.24, 2.45) is 5.73 Å². The van der Waals surface area contributed by atoms with Crippen LogP contribution in [0.25, 0.3) is 0 Å². The Kier molecular flexibility index (Phi) is 5.96. The Morgan fingerprint density at radius 3 is 2.67 bits per heavy atom. The molecule has 102 valence electrons. The summed E-state index contributed by atoms with van der Waals surface area (Å²) in [7, 11) is 2.04. The Morgan fingerprint density at radius 2 is 2.11 bits per heavy atom. The van der Waals surface area contributed by atoms with Crippen molar-refractivity contribution in [1.29, 1.82) is 0 Å². The molecule has 4 heteroatoms. The Morgan fingerprint density at radius 1 is 1.44 bits per heavy atom. The summed E-state index contributed by atoms with van der Waals surface area (Å²) in [6, 6.07) is 3.31. The number of nitrogens with two attached hydrogens (primary N) is 1. The first kappa shape index (κ1) is 15.3. The maximum atomic E-state index is 13.6. The number of anilines is 1. The molecule has 0 aliphatic carbocycles. The van der Waals surface area contributed by atoms with Crippen molar-refractivity contribution in [3.8, 4) is 0 Å². The fourth-order valence-electron chi connectivity index (χ4n) is 1.94. The summed E-state index contributed by atoms with van der Waals surface area (Å²) in [6.07, 6.45) is 3.22. The van der Waals surface area contributed by atoms with Crippen molar-refractivity contribution >= 4 is 17.4 Å². The van der Waals surface area contributed by atoms with Gasteiger partial charge in [0.15, 0.2) is 0 Å². The molecule has 0 aromatic heterocycles. The summed E-state index contributed by atoms with van der Waals surface area (Å²) in [5.74, 6) is 0.960. The zero-order valence-electron chi connectivity index (χ0n) is 11.7. The molecule has 0 aliphatic heterocycles. The van der Waals surface area contributed by atoms with Crippen LogP contribution in [-0.4, -0.2) is 25.6 Å². The zero-order chi connectivity index (χ0) is 13.7. The molecule has 0 aliphatic rings. The lowest BCUT2D eigenvalue weighted by atomic mass is 10.0. The van der Waals surface area contributed by atoms with Gasteiger partial charge in [-0.1, -0.05) is 0 Å². The molecule has 0 fully saturated rings. The van der Waals surface area contributed by atoms with Gasteiger partial charge in [-0.25, -0.2) is 4.39 Å². The van der Waals surface area contributed by atoms with Crippen LogP contribution in [-0.2, 0) is 0 Å². The minimum Gasteiger partial charge on any atom is -0.374 e. The summed E-state index contributed by atoms with van der Waals surface area (Å²) in [5, 5.41) is 0. The predicted molar refractivity (Wildman–Crippen MR) is 80.0 cm³/mol. The van der Waals surface area contributed by atoms with Crippen LogP contribution >= 0.6 is 11.8 Å². The highest BCUT2D eigenvalue weighted by atomic mass is 32.2. The van der Waals surface area contributed by atoms with Crippen molar-refractivity contribution < 1.29 is 4.39 Å². The third-order valence-electron chi connectivity index (χ3n) is 3.05. The Hall–Kier alpha value is -0.740. The van der Waals surface area contributed by atoms with Crippen LogP contribution in [0, 0.1) is 12.7 Å². The van der Waals surface area contributed by atoms with E-state index in [2.05, 4.69) is 11.2 Å². The smallest absolute Gasteiger partial charge is 0.126 e. The summed E-state index contributed by atoms with van der Waals surface area (Å²) >= 11 is 1.84. The van der Waals surface area contributed by atoms with Crippen LogP contribution < -0.4 is 10.6 Å². The molecule has 0 spiro atoms. The number of nitrogens with zero attached hydrogens (tertiary/aromatic N) is 1. The fourth-order valence-corrected chi connectivity index (χ4v) is 2.36. The number of rotatable bonds is 6. The van der Waals surface area contributed by atoms with Gasteiger partial charge in [0.25, 0.3) is 0 Å². The van der Waals surface area contributed by atoms with Crippen molar-refractivity contribution in [3.05, 3.63) is 29.1 Å². The largest absolute Gasteiger partial charge is 0.374 e. The number of thioether (sulfide) groups is 1. The second-order valence-corrected chi connectivity index (χ2v) is 5.70. The monoisotopic (exact) mass is 270 g/mol. The number of hydrogen-bond acceptors (Lipinski definition) is 3. The summed E-state index contributed by atoms with van der Waals surface area (Å²) < 4.78 is 13.6. The molecule has 1 rings (SSSR count). The Labute approximate surface area is 114 Å². The lowest BCUT2D eigenvalue weighted by Gasteiger charge is -2.24. The van der Waals surface area contributed by atoms with E-state index in [1.807, 2.05) is 31.8 Å². The molecule has 2 nitrogen and oxygen atoms in total. The first-order chi connectivity index (χ1) is 8.47. The van der Waals surface area contributed by atoms with Gasteiger partial charge in [0.1, 0.15) is 5.82 Å². The molecule has 1 aromatic carbocycles. The van der Waals surface area contributed by atoms with E-state index < -0.39 is 0 Å².